The minimum absolute atomic E-state index is 0.00336. The van der Waals surface area contributed by atoms with Crippen LogP contribution in [0.5, 0.6) is 0 Å². The minimum atomic E-state index is -0.435. The maximum atomic E-state index is 12.2. The molecule has 0 aliphatic carbocycles. The van der Waals surface area contributed by atoms with Gasteiger partial charge in [-0.1, -0.05) is 23.2 Å². The zero-order valence-electron chi connectivity index (χ0n) is 11.4. The maximum absolute atomic E-state index is 12.2. The number of hydrogen-bond acceptors (Lipinski definition) is 2. The van der Waals surface area contributed by atoms with Gasteiger partial charge in [-0.2, -0.15) is 0 Å². The van der Waals surface area contributed by atoms with Crippen molar-refractivity contribution < 1.29 is 9.59 Å². The molecule has 1 unspecified atom stereocenters. The SMILES string of the molecule is Cc1c(Cl)cc(NC(=O)C2CCCC(=O)N2C)cc1Cl. The number of benzene rings is 1. The van der Waals surface area contributed by atoms with Gasteiger partial charge in [-0.3, -0.25) is 9.59 Å². The summed E-state index contributed by atoms with van der Waals surface area (Å²) < 4.78 is 0. The van der Waals surface area contributed by atoms with Crippen LogP contribution in [0.4, 0.5) is 5.69 Å². The highest BCUT2D eigenvalue weighted by Crippen LogP contribution is 2.28. The summed E-state index contributed by atoms with van der Waals surface area (Å²) in [7, 11) is 1.65. The van der Waals surface area contributed by atoms with E-state index in [4.69, 9.17) is 23.2 Å². The summed E-state index contributed by atoms with van der Waals surface area (Å²) in [6, 6.07) is 2.88. The number of likely N-dealkylation sites (N-methyl/N-ethyl adjacent to an activating group) is 1. The Bertz CT molecular complexity index is 537. The van der Waals surface area contributed by atoms with E-state index in [0.717, 1.165) is 12.0 Å². The molecule has 6 heteroatoms. The smallest absolute Gasteiger partial charge is 0.247 e. The van der Waals surface area contributed by atoms with Crippen molar-refractivity contribution in [2.75, 3.05) is 12.4 Å². The number of piperidine rings is 1. The van der Waals surface area contributed by atoms with Gasteiger partial charge in [-0.15, -0.1) is 0 Å². The van der Waals surface area contributed by atoms with E-state index in [-0.39, 0.29) is 11.8 Å². The highest BCUT2D eigenvalue weighted by Gasteiger charge is 2.30. The van der Waals surface area contributed by atoms with Crippen LogP contribution in [0.25, 0.3) is 0 Å². The van der Waals surface area contributed by atoms with E-state index < -0.39 is 6.04 Å². The number of carbonyl (C=O) groups is 2. The van der Waals surface area contributed by atoms with Crippen LogP contribution in [0.1, 0.15) is 24.8 Å². The van der Waals surface area contributed by atoms with Crippen LogP contribution in [-0.2, 0) is 9.59 Å². The lowest BCUT2D eigenvalue weighted by Crippen LogP contribution is -2.47. The summed E-state index contributed by atoms with van der Waals surface area (Å²) in [4.78, 5) is 25.4. The van der Waals surface area contributed by atoms with Gasteiger partial charge in [0, 0.05) is 29.2 Å². The molecule has 0 aromatic heterocycles. The molecular weight excluding hydrogens is 299 g/mol. The Balaban J connectivity index is 2.13. The standard InChI is InChI=1S/C14H16Cl2N2O2/c1-8-10(15)6-9(7-11(8)16)17-14(20)12-4-3-5-13(19)18(12)2/h6-7,12H,3-5H2,1-2H3,(H,17,20). The van der Waals surface area contributed by atoms with Gasteiger partial charge < -0.3 is 10.2 Å². The zero-order chi connectivity index (χ0) is 14.9. The lowest BCUT2D eigenvalue weighted by atomic mass is 10.0. The van der Waals surface area contributed by atoms with Crippen LogP contribution in [-0.4, -0.2) is 29.8 Å². The first-order valence-electron chi connectivity index (χ1n) is 6.42. The van der Waals surface area contributed by atoms with E-state index in [1.165, 1.54) is 4.90 Å². The van der Waals surface area contributed by atoms with Gasteiger partial charge in [0.15, 0.2) is 0 Å². The molecule has 1 aliphatic heterocycles. The Kier molecular flexibility index (Phi) is 4.55. The van der Waals surface area contributed by atoms with Crippen LogP contribution in [0, 0.1) is 6.92 Å². The maximum Gasteiger partial charge on any atom is 0.247 e. The predicted molar refractivity (Wildman–Crippen MR) is 80.2 cm³/mol. The van der Waals surface area contributed by atoms with E-state index in [9.17, 15) is 9.59 Å². The van der Waals surface area contributed by atoms with E-state index in [2.05, 4.69) is 5.32 Å². The summed E-state index contributed by atoms with van der Waals surface area (Å²) in [5, 5.41) is 3.77. The summed E-state index contributed by atoms with van der Waals surface area (Å²) in [6.45, 7) is 1.81. The second-order valence-corrected chi connectivity index (χ2v) is 5.78. The average Bonchev–Trinajstić information content (AvgIpc) is 2.39. The van der Waals surface area contributed by atoms with Gasteiger partial charge in [-0.05, 0) is 37.5 Å². The monoisotopic (exact) mass is 314 g/mol. The second-order valence-electron chi connectivity index (χ2n) is 4.97. The zero-order valence-corrected chi connectivity index (χ0v) is 12.9. The first-order chi connectivity index (χ1) is 9.40. The molecule has 1 aromatic carbocycles. The molecule has 1 atom stereocenters. The van der Waals surface area contributed by atoms with Crippen molar-refractivity contribution in [3.05, 3.63) is 27.7 Å². The van der Waals surface area contributed by atoms with Gasteiger partial charge in [0.2, 0.25) is 11.8 Å². The third-order valence-electron chi connectivity index (χ3n) is 3.58. The molecule has 1 fully saturated rings. The van der Waals surface area contributed by atoms with Gasteiger partial charge in [0.1, 0.15) is 6.04 Å². The van der Waals surface area contributed by atoms with E-state index in [0.29, 0.717) is 28.6 Å². The minimum Gasteiger partial charge on any atom is -0.334 e. The lowest BCUT2D eigenvalue weighted by molar-refractivity contribution is -0.140. The number of hydrogen-bond donors (Lipinski definition) is 1. The Morgan fingerprint density at radius 2 is 1.95 bits per heavy atom. The van der Waals surface area contributed by atoms with Crippen molar-refractivity contribution >= 4 is 40.7 Å². The van der Waals surface area contributed by atoms with Crippen LogP contribution in [0.15, 0.2) is 12.1 Å². The molecule has 2 rings (SSSR count). The number of amides is 2. The molecule has 20 heavy (non-hydrogen) atoms. The number of likely N-dealkylation sites (tertiary alicyclic amines) is 1. The molecule has 1 aliphatic rings. The van der Waals surface area contributed by atoms with Crippen molar-refractivity contribution in [1.82, 2.24) is 4.90 Å². The third kappa shape index (κ3) is 3.07. The molecule has 2 amide bonds. The number of nitrogens with one attached hydrogen (secondary N) is 1. The fourth-order valence-electron chi connectivity index (χ4n) is 2.24. The highest BCUT2D eigenvalue weighted by atomic mass is 35.5. The van der Waals surface area contributed by atoms with E-state index in [1.54, 1.807) is 19.2 Å². The Hall–Kier alpha value is -1.26. The molecule has 1 saturated heterocycles. The van der Waals surface area contributed by atoms with Crippen molar-refractivity contribution in [2.24, 2.45) is 0 Å². The Morgan fingerprint density at radius 1 is 1.35 bits per heavy atom. The average molecular weight is 315 g/mol. The fourth-order valence-corrected chi connectivity index (χ4v) is 2.73. The normalized spacial score (nSPS) is 19.1. The van der Waals surface area contributed by atoms with E-state index >= 15 is 0 Å². The van der Waals surface area contributed by atoms with Gasteiger partial charge in [0.25, 0.3) is 0 Å². The third-order valence-corrected chi connectivity index (χ3v) is 4.37. The van der Waals surface area contributed by atoms with Gasteiger partial charge >= 0.3 is 0 Å². The molecule has 1 heterocycles. The first-order valence-corrected chi connectivity index (χ1v) is 7.18. The summed E-state index contributed by atoms with van der Waals surface area (Å²) in [5.74, 6) is -0.215. The second kappa shape index (κ2) is 6.02. The largest absolute Gasteiger partial charge is 0.334 e. The fraction of sp³-hybridized carbons (Fsp3) is 0.429. The van der Waals surface area contributed by atoms with E-state index in [1.807, 2.05) is 6.92 Å². The van der Waals surface area contributed by atoms with Crippen LogP contribution >= 0.6 is 23.2 Å². The topological polar surface area (TPSA) is 49.4 Å². The molecule has 0 bridgehead atoms. The molecule has 108 valence electrons. The summed E-state index contributed by atoms with van der Waals surface area (Å²) >= 11 is 12.1. The number of anilines is 1. The van der Waals surface area contributed by atoms with Crippen molar-refractivity contribution in [3.63, 3.8) is 0 Å². The van der Waals surface area contributed by atoms with Crippen molar-refractivity contribution in [3.8, 4) is 0 Å². The summed E-state index contributed by atoms with van der Waals surface area (Å²) in [6.07, 6.45) is 1.90. The molecular formula is C14H16Cl2N2O2. The number of carbonyl (C=O) groups excluding carboxylic acids is 2. The van der Waals surface area contributed by atoms with Crippen molar-refractivity contribution in [1.29, 1.82) is 0 Å². The first kappa shape index (κ1) is 15.1. The highest BCUT2D eigenvalue weighted by molar-refractivity contribution is 6.36. The number of rotatable bonds is 2. The molecule has 4 nitrogen and oxygen atoms in total. The number of halogens is 2. The van der Waals surface area contributed by atoms with Gasteiger partial charge in [0.05, 0.1) is 0 Å². The Morgan fingerprint density at radius 3 is 2.55 bits per heavy atom. The van der Waals surface area contributed by atoms with Gasteiger partial charge in [-0.25, -0.2) is 0 Å². The molecule has 1 N–H and O–H groups in total. The lowest BCUT2D eigenvalue weighted by Gasteiger charge is -2.31. The molecule has 0 radical (unpaired) electrons. The quantitative estimate of drug-likeness (QED) is 0.911. The number of nitrogens with zero attached hydrogens (tertiary/aromatic N) is 1. The predicted octanol–water partition coefficient (Wildman–Crippen LogP) is 3.25. The molecule has 0 saturated carbocycles. The summed E-state index contributed by atoms with van der Waals surface area (Å²) in [5.41, 5.74) is 1.32. The molecule has 0 spiro atoms. The Labute approximate surface area is 128 Å². The van der Waals surface area contributed by atoms with Crippen LogP contribution in [0.2, 0.25) is 10.0 Å². The van der Waals surface area contributed by atoms with Crippen molar-refractivity contribution in [2.45, 2.75) is 32.2 Å². The van der Waals surface area contributed by atoms with Crippen LogP contribution < -0.4 is 5.32 Å². The molecule has 1 aromatic rings. The van der Waals surface area contributed by atoms with Crippen LogP contribution in [0.3, 0.4) is 0 Å².